The van der Waals surface area contributed by atoms with Gasteiger partial charge >= 0.3 is 6.03 Å². The Bertz CT molecular complexity index is 695. The first kappa shape index (κ1) is 14.3. The lowest BCUT2D eigenvalue weighted by Gasteiger charge is -2.32. The van der Waals surface area contributed by atoms with Crippen molar-refractivity contribution in [2.45, 2.75) is 38.0 Å². The second-order valence-electron chi connectivity index (χ2n) is 6.56. The van der Waals surface area contributed by atoms with Gasteiger partial charge < -0.3 is 10.2 Å². The van der Waals surface area contributed by atoms with Crippen molar-refractivity contribution in [3.63, 3.8) is 0 Å². The zero-order valence-electron chi connectivity index (χ0n) is 13.2. The molecule has 4 rings (SSSR count). The molecule has 1 unspecified atom stereocenters. The summed E-state index contributed by atoms with van der Waals surface area (Å²) in [6.07, 6.45) is 7.43. The zero-order chi connectivity index (χ0) is 15.6. The number of urea groups is 1. The summed E-state index contributed by atoms with van der Waals surface area (Å²) in [5.74, 6) is 0.358. The molecular weight excluding hydrogens is 288 g/mol. The first-order chi connectivity index (χ1) is 11.3. The van der Waals surface area contributed by atoms with Gasteiger partial charge in [-0.25, -0.2) is 4.79 Å². The average molecular weight is 310 g/mol. The number of likely N-dealkylation sites (tertiary alicyclic amines) is 1. The van der Waals surface area contributed by atoms with Crippen LogP contribution in [0.5, 0.6) is 0 Å². The van der Waals surface area contributed by atoms with Crippen molar-refractivity contribution < 1.29 is 4.79 Å². The number of aromatic amines is 1. The summed E-state index contributed by atoms with van der Waals surface area (Å²) >= 11 is 0. The molecule has 5 heteroatoms. The summed E-state index contributed by atoms with van der Waals surface area (Å²) in [6.45, 7) is 1.57. The molecule has 1 aliphatic carbocycles. The van der Waals surface area contributed by atoms with Gasteiger partial charge in [-0.05, 0) is 61.4 Å². The molecule has 0 saturated carbocycles. The van der Waals surface area contributed by atoms with Gasteiger partial charge in [0.25, 0.3) is 0 Å². The maximum absolute atomic E-state index is 12.6. The summed E-state index contributed by atoms with van der Waals surface area (Å²) < 4.78 is 0. The molecule has 0 radical (unpaired) electrons. The molecule has 1 aromatic heterocycles. The molecule has 0 spiro atoms. The van der Waals surface area contributed by atoms with E-state index < -0.39 is 0 Å². The lowest BCUT2D eigenvalue weighted by molar-refractivity contribution is 0.192. The van der Waals surface area contributed by atoms with E-state index in [9.17, 15) is 4.79 Å². The van der Waals surface area contributed by atoms with Gasteiger partial charge in [0, 0.05) is 36.6 Å². The quantitative estimate of drug-likeness (QED) is 0.894. The minimum Gasteiger partial charge on any atom is -0.324 e. The predicted octanol–water partition coefficient (Wildman–Crippen LogP) is 3.31. The van der Waals surface area contributed by atoms with Gasteiger partial charge in [-0.15, -0.1) is 0 Å². The van der Waals surface area contributed by atoms with Crippen LogP contribution in [0.15, 0.2) is 30.5 Å². The van der Waals surface area contributed by atoms with Gasteiger partial charge in [0.15, 0.2) is 0 Å². The number of hydrogen-bond acceptors (Lipinski definition) is 2. The van der Waals surface area contributed by atoms with E-state index in [1.54, 1.807) is 6.20 Å². The van der Waals surface area contributed by atoms with Gasteiger partial charge in [-0.3, -0.25) is 5.10 Å². The van der Waals surface area contributed by atoms with Crippen LogP contribution in [0.4, 0.5) is 10.5 Å². The van der Waals surface area contributed by atoms with Gasteiger partial charge in [-0.1, -0.05) is 6.07 Å². The highest BCUT2D eigenvalue weighted by Gasteiger charge is 2.25. The van der Waals surface area contributed by atoms with E-state index in [4.69, 9.17) is 0 Å². The van der Waals surface area contributed by atoms with E-state index in [1.165, 1.54) is 24.0 Å². The monoisotopic (exact) mass is 310 g/mol. The maximum Gasteiger partial charge on any atom is 0.321 e. The molecule has 1 saturated heterocycles. The molecule has 23 heavy (non-hydrogen) atoms. The Morgan fingerprint density at radius 1 is 1.22 bits per heavy atom. The Labute approximate surface area is 136 Å². The molecule has 1 aliphatic heterocycles. The highest BCUT2D eigenvalue weighted by Crippen LogP contribution is 2.27. The smallest absolute Gasteiger partial charge is 0.321 e. The number of piperidine rings is 1. The van der Waals surface area contributed by atoms with Crippen molar-refractivity contribution in [2.24, 2.45) is 0 Å². The fourth-order valence-corrected chi connectivity index (χ4v) is 3.76. The Balaban J connectivity index is 1.42. The number of anilines is 1. The zero-order valence-corrected chi connectivity index (χ0v) is 13.2. The van der Waals surface area contributed by atoms with Gasteiger partial charge in [0.2, 0.25) is 0 Å². The summed E-state index contributed by atoms with van der Waals surface area (Å²) in [7, 11) is 0. The second-order valence-corrected chi connectivity index (χ2v) is 6.56. The number of nitrogens with zero attached hydrogens (tertiary/aromatic N) is 2. The average Bonchev–Trinajstić information content (AvgIpc) is 3.26. The van der Waals surface area contributed by atoms with E-state index in [0.717, 1.165) is 43.7 Å². The Morgan fingerprint density at radius 2 is 2.13 bits per heavy atom. The van der Waals surface area contributed by atoms with E-state index in [1.807, 2.05) is 17.0 Å². The van der Waals surface area contributed by atoms with Crippen LogP contribution in [-0.2, 0) is 12.8 Å². The Morgan fingerprint density at radius 3 is 3.00 bits per heavy atom. The number of carbonyl (C=O) groups is 1. The summed E-state index contributed by atoms with van der Waals surface area (Å²) in [5.41, 5.74) is 4.86. The van der Waals surface area contributed by atoms with Crippen LogP contribution < -0.4 is 5.32 Å². The van der Waals surface area contributed by atoms with Crippen molar-refractivity contribution in [1.29, 1.82) is 0 Å². The number of rotatable bonds is 2. The molecule has 1 atom stereocenters. The highest BCUT2D eigenvalue weighted by molar-refractivity contribution is 5.89. The summed E-state index contributed by atoms with van der Waals surface area (Å²) in [5, 5.41) is 10.1. The van der Waals surface area contributed by atoms with Crippen LogP contribution >= 0.6 is 0 Å². The predicted molar refractivity (Wildman–Crippen MR) is 89.6 cm³/mol. The second kappa shape index (κ2) is 6.07. The fraction of sp³-hybridized carbons (Fsp3) is 0.444. The van der Waals surface area contributed by atoms with Crippen LogP contribution in [0.2, 0.25) is 0 Å². The van der Waals surface area contributed by atoms with Crippen molar-refractivity contribution in [3.05, 3.63) is 47.3 Å². The number of hydrogen-bond donors (Lipinski definition) is 2. The standard InChI is InChI=1S/C18H22N4O/c23-18(20-16-7-6-13-3-1-4-14(13)11-16)22-10-2-5-15(12-22)17-8-9-19-21-17/h6-9,11,15H,1-5,10,12H2,(H,19,21)(H,20,23). The summed E-state index contributed by atoms with van der Waals surface area (Å²) in [6, 6.07) is 8.33. The van der Waals surface area contributed by atoms with Crippen molar-refractivity contribution in [2.75, 3.05) is 18.4 Å². The minimum absolute atomic E-state index is 0.00663. The molecule has 1 aromatic carbocycles. The lowest BCUT2D eigenvalue weighted by atomic mass is 9.95. The maximum atomic E-state index is 12.6. The fourth-order valence-electron chi connectivity index (χ4n) is 3.76. The minimum atomic E-state index is 0.00663. The van der Waals surface area contributed by atoms with E-state index in [2.05, 4.69) is 27.6 Å². The molecule has 2 N–H and O–H groups in total. The Kier molecular flexibility index (Phi) is 3.77. The van der Waals surface area contributed by atoms with Gasteiger partial charge in [0.05, 0.1) is 0 Å². The number of aromatic nitrogens is 2. The van der Waals surface area contributed by atoms with Gasteiger partial charge in [-0.2, -0.15) is 5.10 Å². The molecule has 1 fully saturated rings. The van der Waals surface area contributed by atoms with Crippen LogP contribution in [-0.4, -0.2) is 34.2 Å². The van der Waals surface area contributed by atoms with Crippen LogP contribution in [0.1, 0.15) is 42.0 Å². The molecule has 2 aromatic rings. The largest absolute Gasteiger partial charge is 0.324 e. The SMILES string of the molecule is O=C(Nc1ccc2c(c1)CCC2)N1CCCC(c2ccn[nH]2)C1. The lowest BCUT2D eigenvalue weighted by Crippen LogP contribution is -2.41. The molecule has 2 amide bonds. The summed E-state index contributed by atoms with van der Waals surface area (Å²) in [4.78, 5) is 14.5. The number of H-pyrrole nitrogens is 1. The third-order valence-electron chi connectivity index (χ3n) is 5.02. The van der Waals surface area contributed by atoms with E-state index in [0.29, 0.717) is 5.92 Å². The normalized spacial score (nSPS) is 20.3. The van der Waals surface area contributed by atoms with E-state index in [-0.39, 0.29) is 6.03 Å². The number of nitrogens with one attached hydrogen (secondary N) is 2. The number of amides is 2. The van der Waals surface area contributed by atoms with Crippen molar-refractivity contribution >= 4 is 11.7 Å². The molecular formula is C18H22N4O. The van der Waals surface area contributed by atoms with Gasteiger partial charge in [0.1, 0.15) is 0 Å². The third-order valence-corrected chi connectivity index (χ3v) is 5.02. The molecule has 2 aliphatic rings. The van der Waals surface area contributed by atoms with E-state index >= 15 is 0 Å². The molecule has 120 valence electrons. The number of benzene rings is 1. The van der Waals surface area contributed by atoms with Crippen LogP contribution in [0.3, 0.4) is 0 Å². The topological polar surface area (TPSA) is 61.0 Å². The first-order valence-corrected chi connectivity index (χ1v) is 8.46. The molecule has 5 nitrogen and oxygen atoms in total. The third kappa shape index (κ3) is 2.96. The molecule has 2 heterocycles. The highest BCUT2D eigenvalue weighted by atomic mass is 16.2. The number of carbonyl (C=O) groups excluding carboxylic acids is 1. The number of aryl methyl sites for hydroxylation is 2. The van der Waals surface area contributed by atoms with Crippen LogP contribution in [0.25, 0.3) is 0 Å². The van der Waals surface area contributed by atoms with Crippen molar-refractivity contribution in [1.82, 2.24) is 15.1 Å². The van der Waals surface area contributed by atoms with Crippen molar-refractivity contribution in [3.8, 4) is 0 Å². The Hall–Kier alpha value is -2.30. The molecule has 0 bridgehead atoms. The number of fused-ring (bicyclic) bond motifs is 1. The van der Waals surface area contributed by atoms with Crippen LogP contribution in [0, 0.1) is 0 Å². The first-order valence-electron chi connectivity index (χ1n) is 8.46.